The molecule has 4 atom stereocenters. The van der Waals surface area contributed by atoms with E-state index in [1.54, 1.807) is 0 Å². The van der Waals surface area contributed by atoms with Crippen molar-refractivity contribution < 1.29 is 33.8 Å². The number of fused-ring (bicyclic) bond motifs is 1. The van der Waals surface area contributed by atoms with Gasteiger partial charge in [-0.25, -0.2) is 19.5 Å². The molecule has 0 spiro atoms. The quantitative estimate of drug-likeness (QED) is 0.374. The Bertz CT molecular complexity index is 856. The number of phosphoric acid groups is 1. The first-order valence-electron chi connectivity index (χ1n) is 8.42. The number of aliphatic hydroxyl groups is 2. The topological polar surface area (TPSA) is 186 Å². The molecule has 0 saturated carbocycles. The number of nitrogen functional groups attached to an aromatic ring is 1. The van der Waals surface area contributed by atoms with Crippen LogP contribution in [0.2, 0.25) is 0 Å². The normalized spacial score (nSPS) is 26.1. The van der Waals surface area contributed by atoms with Gasteiger partial charge in [0.05, 0.1) is 12.9 Å². The summed E-state index contributed by atoms with van der Waals surface area (Å²) in [6.45, 7) is 1.45. The summed E-state index contributed by atoms with van der Waals surface area (Å²) in [6.07, 6.45) is -1.22. The number of anilines is 1. The van der Waals surface area contributed by atoms with Gasteiger partial charge < -0.3 is 30.5 Å². The number of hydrogen-bond donors (Lipinski definition) is 5. The van der Waals surface area contributed by atoms with Crippen LogP contribution < -0.4 is 5.73 Å². The fourth-order valence-corrected chi connectivity index (χ4v) is 3.23. The number of nitrogens with two attached hydrogens (primary N) is 1. The zero-order valence-electron chi connectivity index (χ0n) is 14.5. The van der Waals surface area contributed by atoms with Gasteiger partial charge in [-0.1, -0.05) is 13.3 Å². The minimum atomic E-state index is -4.74. The van der Waals surface area contributed by atoms with Gasteiger partial charge in [-0.15, -0.1) is 0 Å². The van der Waals surface area contributed by atoms with E-state index in [1.807, 2.05) is 6.92 Å². The van der Waals surface area contributed by atoms with Crippen molar-refractivity contribution in [3.8, 4) is 0 Å². The number of aromatic nitrogens is 4. The smallest absolute Gasteiger partial charge is 0.387 e. The summed E-state index contributed by atoms with van der Waals surface area (Å²) in [7, 11) is -4.74. The van der Waals surface area contributed by atoms with Crippen LogP contribution in [0.15, 0.2) is 6.33 Å². The Labute approximate surface area is 154 Å². The van der Waals surface area contributed by atoms with Crippen LogP contribution in [0.25, 0.3) is 11.2 Å². The van der Waals surface area contributed by atoms with Gasteiger partial charge in [0.25, 0.3) is 0 Å². The molecule has 1 aliphatic rings. The number of imidazole rings is 1. The van der Waals surface area contributed by atoms with Crippen LogP contribution in [-0.4, -0.2) is 64.4 Å². The lowest BCUT2D eigenvalue weighted by Gasteiger charge is -2.17. The predicted octanol–water partition coefficient (Wildman–Crippen LogP) is -0.520. The van der Waals surface area contributed by atoms with Gasteiger partial charge in [-0.2, -0.15) is 0 Å². The van der Waals surface area contributed by atoms with E-state index in [2.05, 4.69) is 19.5 Å². The van der Waals surface area contributed by atoms with Crippen molar-refractivity contribution in [1.82, 2.24) is 19.5 Å². The molecule has 6 N–H and O–H groups in total. The molecule has 0 amide bonds. The van der Waals surface area contributed by atoms with Crippen molar-refractivity contribution in [2.75, 3.05) is 12.3 Å². The molecule has 0 aromatic carbocycles. The Morgan fingerprint density at radius 1 is 1.33 bits per heavy atom. The maximum Gasteiger partial charge on any atom is 0.469 e. The average Bonchev–Trinajstić information content (AvgIpc) is 3.13. The number of unbranched alkanes of at least 4 members (excludes halogenated alkanes) is 1. The molecule has 3 heterocycles. The van der Waals surface area contributed by atoms with Gasteiger partial charge in [0.15, 0.2) is 17.7 Å². The monoisotopic (exact) mass is 403 g/mol. The molecule has 1 fully saturated rings. The Hall–Kier alpha value is -1.66. The van der Waals surface area contributed by atoms with Crippen molar-refractivity contribution in [2.24, 2.45) is 0 Å². The van der Waals surface area contributed by atoms with Crippen molar-refractivity contribution in [2.45, 2.75) is 50.7 Å². The van der Waals surface area contributed by atoms with E-state index in [4.69, 9.17) is 20.3 Å². The first-order valence-corrected chi connectivity index (χ1v) is 9.95. The first kappa shape index (κ1) is 20.1. The molecule has 27 heavy (non-hydrogen) atoms. The molecule has 0 radical (unpaired) electrons. The summed E-state index contributed by atoms with van der Waals surface area (Å²) in [4.78, 5) is 30.4. The van der Waals surface area contributed by atoms with Crippen molar-refractivity contribution in [3.05, 3.63) is 12.2 Å². The Kier molecular flexibility index (Phi) is 5.77. The van der Waals surface area contributed by atoms with Gasteiger partial charge in [-0.3, -0.25) is 9.09 Å². The summed E-state index contributed by atoms with van der Waals surface area (Å²) in [6, 6.07) is 0. The van der Waals surface area contributed by atoms with E-state index in [1.165, 1.54) is 10.9 Å². The SMILES string of the molecule is CCCCc1nc(N)c2ncn([C@@H]3O[C@H](COP(=O)(O)O)[C@@H](O)[C@H]3O)c2n1. The Morgan fingerprint density at radius 3 is 2.74 bits per heavy atom. The number of phosphoric ester groups is 1. The maximum atomic E-state index is 10.8. The third kappa shape index (κ3) is 4.27. The van der Waals surface area contributed by atoms with Crippen LogP contribution in [0.3, 0.4) is 0 Å². The molecule has 0 unspecified atom stereocenters. The second-order valence-electron chi connectivity index (χ2n) is 6.29. The molecule has 150 valence electrons. The van der Waals surface area contributed by atoms with E-state index in [0.717, 1.165) is 12.8 Å². The van der Waals surface area contributed by atoms with E-state index in [9.17, 15) is 14.8 Å². The standard InChI is InChI=1S/C14H22N5O7P/c1-2-3-4-8-17-12(15)9-13(18-8)19(6-16-9)14-11(21)10(20)7(26-14)5-25-27(22,23)24/h6-7,10-11,14,20-21H,2-5H2,1H3,(H2,15,17,18)(H2,22,23,24)/t7-,10-,11-,14-/m1/s1. The van der Waals surface area contributed by atoms with Gasteiger partial charge in [-0.05, 0) is 6.42 Å². The molecule has 1 saturated heterocycles. The van der Waals surface area contributed by atoms with E-state index >= 15 is 0 Å². The fraction of sp³-hybridized carbons (Fsp3) is 0.643. The highest BCUT2D eigenvalue weighted by atomic mass is 31.2. The largest absolute Gasteiger partial charge is 0.469 e. The summed E-state index contributed by atoms with van der Waals surface area (Å²) < 4.78 is 22.2. The zero-order chi connectivity index (χ0) is 19.8. The summed E-state index contributed by atoms with van der Waals surface area (Å²) in [5.74, 6) is 0.720. The number of ether oxygens (including phenoxy) is 1. The van der Waals surface area contributed by atoms with Crippen LogP contribution in [0.5, 0.6) is 0 Å². The third-order valence-corrected chi connectivity index (χ3v) is 4.75. The Morgan fingerprint density at radius 2 is 2.07 bits per heavy atom. The lowest BCUT2D eigenvalue weighted by atomic mass is 10.1. The molecule has 2 aromatic heterocycles. The highest BCUT2D eigenvalue weighted by Gasteiger charge is 2.45. The minimum Gasteiger partial charge on any atom is -0.387 e. The molecular weight excluding hydrogens is 381 g/mol. The summed E-state index contributed by atoms with van der Waals surface area (Å²) >= 11 is 0. The van der Waals surface area contributed by atoms with Crippen molar-refractivity contribution in [1.29, 1.82) is 0 Å². The fourth-order valence-electron chi connectivity index (χ4n) is 2.89. The number of hydrogen-bond acceptors (Lipinski definition) is 9. The average molecular weight is 403 g/mol. The van der Waals surface area contributed by atoms with Crippen LogP contribution in [0.1, 0.15) is 31.8 Å². The number of nitrogens with zero attached hydrogens (tertiary/aromatic N) is 4. The first-order chi connectivity index (χ1) is 12.7. The van der Waals surface area contributed by atoms with Crippen LogP contribution in [-0.2, 0) is 20.2 Å². The third-order valence-electron chi connectivity index (χ3n) is 4.27. The van der Waals surface area contributed by atoms with Crippen LogP contribution in [0, 0.1) is 0 Å². The highest BCUT2D eigenvalue weighted by molar-refractivity contribution is 7.46. The Balaban J connectivity index is 1.88. The van der Waals surface area contributed by atoms with Gasteiger partial charge >= 0.3 is 7.82 Å². The molecular formula is C14H22N5O7P. The molecule has 0 aliphatic carbocycles. The number of rotatable bonds is 7. The number of aryl methyl sites for hydroxylation is 1. The van der Waals surface area contributed by atoms with Crippen LogP contribution >= 0.6 is 7.82 Å². The van der Waals surface area contributed by atoms with Gasteiger partial charge in [0.2, 0.25) is 0 Å². The van der Waals surface area contributed by atoms with Crippen LogP contribution in [0.4, 0.5) is 5.82 Å². The summed E-state index contributed by atoms with van der Waals surface area (Å²) in [5.41, 5.74) is 6.60. The molecule has 2 aromatic rings. The highest BCUT2D eigenvalue weighted by Crippen LogP contribution is 2.38. The minimum absolute atomic E-state index is 0.194. The number of aliphatic hydroxyl groups excluding tert-OH is 2. The van der Waals surface area contributed by atoms with E-state index < -0.39 is 39.0 Å². The summed E-state index contributed by atoms with van der Waals surface area (Å²) in [5, 5.41) is 20.4. The lowest BCUT2D eigenvalue weighted by Crippen LogP contribution is -2.33. The molecule has 0 bridgehead atoms. The molecule has 1 aliphatic heterocycles. The van der Waals surface area contributed by atoms with E-state index in [-0.39, 0.29) is 5.82 Å². The second kappa shape index (κ2) is 7.76. The molecule has 13 heteroatoms. The van der Waals surface area contributed by atoms with Crippen molar-refractivity contribution >= 4 is 24.8 Å². The van der Waals surface area contributed by atoms with Crippen molar-refractivity contribution in [3.63, 3.8) is 0 Å². The van der Waals surface area contributed by atoms with Gasteiger partial charge in [0.1, 0.15) is 29.7 Å². The predicted molar refractivity (Wildman–Crippen MR) is 92.3 cm³/mol. The van der Waals surface area contributed by atoms with Gasteiger partial charge in [0, 0.05) is 6.42 Å². The van der Waals surface area contributed by atoms with E-state index in [0.29, 0.717) is 23.4 Å². The maximum absolute atomic E-state index is 10.8. The second-order valence-corrected chi connectivity index (χ2v) is 7.52. The lowest BCUT2D eigenvalue weighted by molar-refractivity contribution is -0.0504. The molecule has 12 nitrogen and oxygen atoms in total. The molecule has 3 rings (SSSR count). The zero-order valence-corrected chi connectivity index (χ0v) is 15.4.